The predicted molar refractivity (Wildman–Crippen MR) is 148 cm³/mol. The molecule has 0 radical (unpaired) electrons. The Morgan fingerprint density at radius 1 is 1.10 bits per heavy atom. The molecule has 0 saturated carbocycles. The molecule has 3 aromatic heterocycles. The monoisotopic (exact) mass is 569 g/mol. The Morgan fingerprint density at radius 2 is 1.88 bits per heavy atom. The predicted octanol–water partition coefficient (Wildman–Crippen LogP) is 4.76. The fraction of sp³-hybridized carbons (Fsp3) is 0.321. The first-order valence-corrected chi connectivity index (χ1v) is 14.7. The largest absolute Gasteiger partial charge is 0.476 e. The van der Waals surface area contributed by atoms with Crippen LogP contribution in [0, 0.1) is 11.6 Å². The molecule has 4 heterocycles. The van der Waals surface area contributed by atoms with Crippen LogP contribution in [-0.4, -0.2) is 66.0 Å². The molecule has 0 atom stereocenters. The van der Waals surface area contributed by atoms with Crippen molar-refractivity contribution in [2.24, 2.45) is 0 Å². The van der Waals surface area contributed by atoms with Crippen LogP contribution < -0.4 is 9.46 Å². The van der Waals surface area contributed by atoms with Gasteiger partial charge in [-0.2, -0.15) is 0 Å². The van der Waals surface area contributed by atoms with Gasteiger partial charge >= 0.3 is 0 Å². The number of nitrogens with one attached hydrogen (secondary N) is 2. The topological polar surface area (TPSA) is 117 Å². The standard InChI is InChI=1S/C28H29F2N5O4S/c1-2-13-40(37,38)34-23-7-6-22(29)25(26(23)30)27(36)21-17-33-28-20(21)14-19(16-32-28)18-5-8-24(31-15-18)39-12-11-35-9-3-4-10-35/h5-8,14-17,34H,2-4,9-13H2,1H3,(H,32,33). The Labute approximate surface area is 230 Å². The fourth-order valence-corrected chi connectivity index (χ4v) is 5.86. The van der Waals surface area contributed by atoms with E-state index in [9.17, 15) is 17.6 Å². The van der Waals surface area contributed by atoms with Gasteiger partial charge in [0.25, 0.3) is 0 Å². The van der Waals surface area contributed by atoms with Gasteiger partial charge in [-0.3, -0.25) is 14.4 Å². The lowest BCUT2D eigenvalue weighted by molar-refractivity contribution is 0.103. The van der Waals surface area contributed by atoms with Gasteiger partial charge in [-0.05, 0) is 56.6 Å². The van der Waals surface area contributed by atoms with Crippen molar-refractivity contribution in [2.45, 2.75) is 26.2 Å². The fourth-order valence-electron chi connectivity index (χ4n) is 4.73. The van der Waals surface area contributed by atoms with Crippen molar-refractivity contribution in [3.05, 3.63) is 71.7 Å². The minimum atomic E-state index is -3.86. The van der Waals surface area contributed by atoms with Crippen LogP contribution in [0.4, 0.5) is 14.5 Å². The molecule has 12 heteroatoms. The Morgan fingerprint density at radius 3 is 2.60 bits per heavy atom. The van der Waals surface area contributed by atoms with E-state index < -0.39 is 38.7 Å². The molecular formula is C28H29F2N5O4S. The molecule has 0 bridgehead atoms. The molecule has 0 amide bonds. The number of carbonyl (C=O) groups is 1. The van der Waals surface area contributed by atoms with Crippen molar-refractivity contribution in [1.29, 1.82) is 0 Å². The number of likely N-dealkylation sites (tertiary alicyclic amines) is 1. The first kappa shape index (κ1) is 27.7. The van der Waals surface area contributed by atoms with Gasteiger partial charge < -0.3 is 9.72 Å². The number of fused-ring (bicyclic) bond motifs is 1. The van der Waals surface area contributed by atoms with Crippen molar-refractivity contribution in [2.75, 3.05) is 36.7 Å². The number of ketones is 1. The van der Waals surface area contributed by atoms with Crippen molar-refractivity contribution in [3.63, 3.8) is 0 Å². The highest BCUT2D eigenvalue weighted by atomic mass is 32.2. The van der Waals surface area contributed by atoms with Crippen molar-refractivity contribution in [1.82, 2.24) is 19.9 Å². The number of nitrogens with zero attached hydrogens (tertiary/aromatic N) is 3. The number of hydrogen-bond donors (Lipinski definition) is 2. The summed E-state index contributed by atoms with van der Waals surface area (Å²) in [4.78, 5) is 27.3. The number of halogens is 2. The molecular weight excluding hydrogens is 540 g/mol. The van der Waals surface area contributed by atoms with E-state index in [1.54, 1.807) is 31.5 Å². The second-order valence-electron chi connectivity index (χ2n) is 9.64. The van der Waals surface area contributed by atoms with Crippen LogP contribution >= 0.6 is 0 Å². The summed E-state index contributed by atoms with van der Waals surface area (Å²) in [5.74, 6) is -3.09. The van der Waals surface area contributed by atoms with Crippen molar-refractivity contribution < 1.29 is 26.7 Å². The zero-order valence-electron chi connectivity index (χ0n) is 21.9. The minimum absolute atomic E-state index is 0.00876. The maximum Gasteiger partial charge on any atom is 0.232 e. The zero-order chi connectivity index (χ0) is 28.3. The Balaban J connectivity index is 1.38. The Bertz CT molecular complexity index is 1630. The molecule has 1 saturated heterocycles. The molecule has 0 spiro atoms. The molecule has 1 aliphatic heterocycles. The Hall–Kier alpha value is -3.90. The summed E-state index contributed by atoms with van der Waals surface area (Å²) in [6, 6.07) is 7.07. The van der Waals surface area contributed by atoms with E-state index >= 15 is 4.39 Å². The summed E-state index contributed by atoms with van der Waals surface area (Å²) in [6.07, 6.45) is 7.30. The molecule has 0 unspecified atom stereocenters. The lowest BCUT2D eigenvalue weighted by atomic mass is 10.00. The van der Waals surface area contributed by atoms with E-state index in [0.717, 1.165) is 31.8 Å². The first-order valence-electron chi connectivity index (χ1n) is 13.1. The average molecular weight is 570 g/mol. The van der Waals surface area contributed by atoms with E-state index in [0.29, 0.717) is 41.1 Å². The zero-order valence-corrected chi connectivity index (χ0v) is 22.7. The third-order valence-corrected chi connectivity index (χ3v) is 8.23. The second kappa shape index (κ2) is 11.7. The molecule has 2 N–H and O–H groups in total. The normalized spacial score (nSPS) is 14.1. The highest BCUT2D eigenvalue weighted by Gasteiger charge is 2.26. The summed E-state index contributed by atoms with van der Waals surface area (Å²) in [5, 5.41) is 0.351. The molecule has 1 fully saturated rings. The smallest absolute Gasteiger partial charge is 0.232 e. The van der Waals surface area contributed by atoms with Gasteiger partial charge in [0.1, 0.15) is 18.1 Å². The number of pyridine rings is 2. The van der Waals surface area contributed by atoms with Gasteiger partial charge in [-0.1, -0.05) is 6.92 Å². The summed E-state index contributed by atoms with van der Waals surface area (Å²) in [7, 11) is -3.86. The first-order chi connectivity index (χ1) is 19.3. The number of carbonyl (C=O) groups excluding carboxylic acids is 1. The molecule has 9 nitrogen and oxygen atoms in total. The molecule has 1 aromatic carbocycles. The lowest BCUT2D eigenvalue weighted by Crippen LogP contribution is -2.25. The van der Waals surface area contributed by atoms with Crippen LogP contribution in [-0.2, 0) is 10.0 Å². The third-order valence-electron chi connectivity index (χ3n) is 6.76. The average Bonchev–Trinajstić information content (AvgIpc) is 3.60. The number of sulfonamides is 1. The van der Waals surface area contributed by atoms with E-state index in [4.69, 9.17) is 4.74 Å². The summed E-state index contributed by atoms with van der Waals surface area (Å²) in [5.41, 5.74) is 0.337. The molecule has 4 aromatic rings. The number of hydrogen-bond acceptors (Lipinski definition) is 7. The summed E-state index contributed by atoms with van der Waals surface area (Å²) >= 11 is 0. The van der Waals surface area contributed by atoms with Gasteiger partial charge in [0.2, 0.25) is 21.7 Å². The van der Waals surface area contributed by atoms with E-state index in [1.807, 2.05) is 6.07 Å². The quantitative estimate of drug-likeness (QED) is 0.250. The number of aromatic nitrogens is 3. The van der Waals surface area contributed by atoms with Crippen molar-refractivity contribution in [3.8, 4) is 17.0 Å². The van der Waals surface area contributed by atoms with Gasteiger partial charge in [0.05, 0.1) is 17.0 Å². The van der Waals surface area contributed by atoms with Gasteiger partial charge in [0.15, 0.2) is 5.82 Å². The molecule has 5 rings (SSSR count). The number of ether oxygens (including phenoxy) is 1. The highest BCUT2D eigenvalue weighted by Crippen LogP contribution is 2.30. The van der Waals surface area contributed by atoms with E-state index in [2.05, 4.69) is 24.6 Å². The number of aromatic amines is 1. The molecule has 40 heavy (non-hydrogen) atoms. The van der Waals surface area contributed by atoms with E-state index in [-0.39, 0.29) is 11.3 Å². The van der Waals surface area contributed by atoms with Gasteiger partial charge in [0, 0.05) is 53.3 Å². The van der Waals surface area contributed by atoms with Crippen LogP contribution in [0.25, 0.3) is 22.2 Å². The molecule has 210 valence electrons. The third kappa shape index (κ3) is 5.97. The van der Waals surface area contributed by atoms with Crippen LogP contribution in [0.15, 0.2) is 48.9 Å². The number of benzene rings is 1. The summed E-state index contributed by atoms with van der Waals surface area (Å²) in [6.45, 7) is 5.24. The maximum atomic E-state index is 15.3. The number of rotatable bonds is 11. The maximum absolute atomic E-state index is 15.3. The minimum Gasteiger partial charge on any atom is -0.476 e. The SMILES string of the molecule is CCCS(=O)(=O)Nc1ccc(F)c(C(=O)c2c[nH]c3ncc(-c4ccc(OCCN5CCCC5)nc4)cc23)c1F. The highest BCUT2D eigenvalue weighted by molar-refractivity contribution is 7.92. The molecule has 0 aliphatic carbocycles. The van der Waals surface area contributed by atoms with Crippen molar-refractivity contribution >= 4 is 32.5 Å². The van der Waals surface area contributed by atoms with Crippen LogP contribution in [0.5, 0.6) is 5.88 Å². The van der Waals surface area contributed by atoms with Crippen LogP contribution in [0.3, 0.4) is 0 Å². The van der Waals surface area contributed by atoms with E-state index in [1.165, 1.54) is 19.0 Å². The number of H-pyrrole nitrogens is 1. The molecule has 1 aliphatic rings. The van der Waals surface area contributed by atoms with Gasteiger partial charge in [-0.25, -0.2) is 27.2 Å². The van der Waals surface area contributed by atoms with Crippen LogP contribution in [0.1, 0.15) is 42.1 Å². The van der Waals surface area contributed by atoms with Crippen LogP contribution in [0.2, 0.25) is 0 Å². The van der Waals surface area contributed by atoms with Gasteiger partial charge in [-0.15, -0.1) is 0 Å². The number of anilines is 1. The Kier molecular flexibility index (Phi) is 8.08. The summed E-state index contributed by atoms with van der Waals surface area (Å²) < 4.78 is 62.1. The second-order valence-corrected chi connectivity index (χ2v) is 11.5. The lowest BCUT2D eigenvalue weighted by Gasteiger charge is -2.14.